The molecule has 0 aromatic heterocycles. The quantitative estimate of drug-likeness (QED) is 0.829. The Labute approximate surface area is 107 Å². The van der Waals surface area contributed by atoms with Crippen LogP contribution in [0.25, 0.3) is 0 Å². The maximum atomic E-state index is 12.3. The van der Waals surface area contributed by atoms with Crippen LogP contribution in [0.1, 0.15) is 21.5 Å². The number of hydrogen-bond donors (Lipinski definition) is 1. The van der Waals surface area contributed by atoms with E-state index in [0.29, 0.717) is 5.02 Å². The number of carbonyl (C=O) groups excluding carboxylic acids is 1. The van der Waals surface area contributed by atoms with Crippen molar-refractivity contribution in [2.45, 2.75) is 13.8 Å². The number of rotatable bonds is 1. The van der Waals surface area contributed by atoms with Crippen molar-refractivity contribution in [3.63, 3.8) is 0 Å². The molecule has 92 valence electrons. The topological polar surface area (TPSA) is 32.3 Å². The summed E-state index contributed by atoms with van der Waals surface area (Å²) in [5, 5.41) is 3.90. The Morgan fingerprint density at radius 3 is 2.53 bits per heavy atom. The molecule has 1 aliphatic rings. The molecular formula is C13H17ClN2O. The number of amides is 1. The second-order valence-corrected chi connectivity index (χ2v) is 4.87. The largest absolute Gasteiger partial charge is 0.336 e. The fraction of sp³-hybridized carbons (Fsp3) is 0.462. The smallest absolute Gasteiger partial charge is 0.254 e. The molecule has 1 N–H and O–H groups in total. The summed E-state index contributed by atoms with van der Waals surface area (Å²) >= 11 is 6.09. The van der Waals surface area contributed by atoms with Crippen LogP contribution in [0.3, 0.4) is 0 Å². The Balaban J connectivity index is 2.26. The van der Waals surface area contributed by atoms with Crippen LogP contribution in [0.2, 0.25) is 5.02 Å². The summed E-state index contributed by atoms with van der Waals surface area (Å²) in [6.45, 7) is 7.18. The lowest BCUT2D eigenvalue weighted by Gasteiger charge is -2.28. The SMILES string of the molecule is Cc1cc(C)c(C(=O)N2CCNCC2)cc1Cl. The van der Waals surface area contributed by atoms with Crippen molar-refractivity contribution < 1.29 is 4.79 Å². The van der Waals surface area contributed by atoms with Crippen molar-refractivity contribution in [2.24, 2.45) is 0 Å². The lowest BCUT2D eigenvalue weighted by Crippen LogP contribution is -2.46. The molecule has 2 rings (SSSR count). The number of aryl methyl sites for hydroxylation is 2. The normalized spacial score (nSPS) is 16.1. The van der Waals surface area contributed by atoms with E-state index in [2.05, 4.69) is 5.32 Å². The Morgan fingerprint density at radius 2 is 1.88 bits per heavy atom. The van der Waals surface area contributed by atoms with E-state index in [1.807, 2.05) is 24.8 Å². The van der Waals surface area contributed by atoms with E-state index in [1.165, 1.54) is 0 Å². The zero-order valence-electron chi connectivity index (χ0n) is 10.2. The van der Waals surface area contributed by atoms with Gasteiger partial charge in [-0.15, -0.1) is 0 Å². The van der Waals surface area contributed by atoms with E-state index in [1.54, 1.807) is 6.07 Å². The van der Waals surface area contributed by atoms with Gasteiger partial charge in [0.1, 0.15) is 0 Å². The molecule has 0 aliphatic carbocycles. The number of hydrogen-bond acceptors (Lipinski definition) is 2. The van der Waals surface area contributed by atoms with Gasteiger partial charge in [0, 0.05) is 36.8 Å². The summed E-state index contributed by atoms with van der Waals surface area (Å²) in [6, 6.07) is 3.76. The van der Waals surface area contributed by atoms with Gasteiger partial charge < -0.3 is 10.2 Å². The highest BCUT2D eigenvalue weighted by Crippen LogP contribution is 2.21. The van der Waals surface area contributed by atoms with E-state index < -0.39 is 0 Å². The summed E-state index contributed by atoms with van der Waals surface area (Å²) < 4.78 is 0. The van der Waals surface area contributed by atoms with Gasteiger partial charge in [-0.25, -0.2) is 0 Å². The highest BCUT2D eigenvalue weighted by molar-refractivity contribution is 6.31. The van der Waals surface area contributed by atoms with E-state index in [9.17, 15) is 4.79 Å². The number of benzene rings is 1. The Bertz CT molecular complexity index is 439. The van der Waals surface area contributed by atoms with Crippen molar-refractivity contribution in [1.82, 2.24) is 10.2 Å². The minimum absolute atomic E-state index is 0.0888. The molecule has 0 saturated carbocycles. The molecule has 0 spiro atoms. The molecule has 0 radical (unpaired) electrons. The molecule has 1 heterocycles. The summed E-state index contributed by atoms with van der Waals surface area (Å²) in [7, 11) is 0. The van der Waals surface area contributed by atoms with Gasteiger partial charge in [0.2, 0.25) is 0 Å². The molecule has 17 heavy (non-hydrogen) atoms. The summed E-state index contributed by atoms with van der Waals surface area (Å²) in [4.78, 5) is 14.2. The third-order valence-corrected chi connectivity index (χ3v) is 3.55. The Kier molecular flexibility index (Phi) is 3.69. The van der Waals surface area contributed by atoms with Gasteiger partial charge in [-0.05, 0) is 31.0 Å². The molecule has 1 aliphatic heterocycles. The van der Waals surface area contributed by atoms with E-state index in [-0.39, 0.29) is 5.91 Å². The number of halogens is 1. The number of nitrogens with zero attached hydrogens (tertiary/aromatic N) is 1. The van der Waals surface area contributed by atoms with Crippen LogP contribution in [0, 0.1) is 13.8 Å². The molecule has 0 unspecified atom stereocenters. The lowest BCUT2D eigenvalue weighted by molar-refractivity contribution is 0.0735. The van der Waals surface area contributed by atoms with Crippen LogP contribution in [0.4, 0.5) is 0 Å². The molecule has 1 aromatic rings. The van der Waals surface area contributed by atoms with Gasteiger partial charge in [-0.2, -0.15) is 0 Å². The molecule has 1 fully saturated rings. The molecule has 0 atom stereocenters. The highest BCUT2D eigenvalue weighted by atomic mass is 35.5. The van der Waals surface area contributed by atoms with Crippen LogP contribution in [0.15, 0.2) is 12.1 Å². The summed E-state index contributed by atoms with van der Waals surface area (Å²) in [6.07, 6.45) is 0. The third kappa shape index (κ3) is 2.61. The molecular weight excluding hydrogens is 236 g/mol. The van der Waals surface area contributed by atoms with Gasteiger partial charge in [-0.3, -0.25) is 4.79 Å². The average Bonchev–Trinajstić information content (AvgIpc) is 2.34. The molecule has 3 nitrogen and oxygen atoms in total. The van der Waals surface area contributed by atoms with Gasteiger partial charge in [0.05, 0.1) is 0 Å². The second kappa shape index (κ2) is 5.07. The molecule has 1 amide bonds. The van der Waals surface area contributed by atoms with E-state index >= 15 is 0 Å². The van der Waals surface area contributed by atoms with Crippen molar-refractivity contribution >= 4 is 17.5 Å². The molecule has 4 heteroatoms. The van der Waals surface area contributed by atoms with Crippen LogP contribution in [-0.2, 0) is 0 Å². The highest BCUT2D eigenvalue weighted by Gasteiger charge is 2.20. The lowest BCUT2D eigenvalue weighted by atomic mass is 10.0. The van der Waals surface area contributed by atoms with Crippen LogP contribution in [-0.4, -0.2) is 37.0 Å². The first-order chi connectivity index (χ1) is 8.09. The van der Waals surface area contributed by atoms with Gasteiger partial charge in [0.25, 0.3) is 5.91 Å². The second-order valence-electron chi connectivity index (χ2n) is 4.46. The zero-order valence-corrected chi connectivity index (χ0v) is 11.0. The van der Waals surface area contributed by atoms with E-state index in [4.69, 9.17) is 11.6 Å². The van der Waals surface area contributed by atoms with Crippen LogP contribution in [0.5, 0.6) is 0 Å². The fourth-order valence-electron chi connectivity index (χ4n) is 2.09. The van der Waals surface area contributed by atoms with Gasteiger partial charge >= 0.3 is 0 Å². The summed E-state index contributed by atoms with van der Waals surface area (Å²) in [5.41, 5.74) is 2.74. The van der Waals surface area contributed by atoms with Crippen molar-refractivity contribution in [1.29, 1.82) is 0 Å². The van der Waals surface area contributed by atoms with Crippen LogP contribution >= 0.6 is 11.6 Å². The van der Waals surface area contributed by atoms with Gasteiger partial charge in [0.15, 0.2) is 0 Å². The van der Waals surface area contributed by atoms with E-state index in [0.717, 1.165) is 42.9 Å². The molecule has 1 saturated heterocycles. The number of carbonyl (C=O) groups is 1. The monoisotopic (exact) mass is 252 g/mol. The average molecular weight is 253 g/mol. The minimum atomic E-state index is 0.0888. The number of piperazine rings is 1. The maximum Gasteiger partial charge on any atom is 0.254 e. The Hall–Kier alpha value is -1.06. The number of nitrogens with one attached hydrogen (secondary N) is 1. The first kappa shape index (κ1) is 12.4. The van der Waals surface area contributed by atoms with Crippen molar-refractivity contribution in [2.75, 3.05) is 26.2 Å². The van der Waals surface area contributed by atoms with Crippen LogP contribution < -0.4 is 5.32 Å². The zero-order chi connectivity index (χ0) is 12.4. The maximum absolute atomic E-state index is 12.3. The van der Waals surface area contributed by atoms with Gasteiger partial charge in [-0.1, -0.05) is 17.7 Å². The summed E-state index contributed by atoms with van der Waals surface area (Å²) in [5.74, 6) is 0.0888. The molecule has 1 aromatic carbocycles. The predicted molar refractivity (Wildman–Crippen MR) is 69.7 cm³/mol. The van der Waals surface area contributed by atoms with Crippen molar-refractivity contribution in [3.8, 4) is 0 Å². The third-order valence-electron chi connectivity index (χ3n) is 3.14. The molecule has 0 bridgehead atoms. The first-order valence-electron chi connectivity index (χ1n) is 5.86. The predicted octanol–water partition coefficient (Wildman–Crippen LogP) is 2.00. The minimum Gasteiger partial charge on any atom is -0.336 e. The standard InChI is InChI=1S/C13H17ClN2O/c1-9-7-10(2)12(14)8-11(9)13(17)16-5-3-15-4-6-16/h7-8,15H,3-6H2,1-2H3. The first-order valence-corrected chi connectivity index (χ1v) is 6.24. The fourth-order valence-corrected chi connectivity index (χ4v) is 2.26. The Morgan fingerprint density at radius 1 is 1.24 bits per heavy atom. The van der Waals surface area contributed by atoms with Crippen molar-refractivity contribution in [3.05, 3.63) is 33.8 Å².